The summed E-state index contributed by atoms with van der Waals surface area (Å²) < 4.78 is 43.8. The van der Waals surface area contributed by atoms with Crippen LogP contribution in [-0.4, -0.2) is 46.8 Å². The quantitative estimate of drug-likeness (QED) is 0.732. The Hall–Kier alpha value is -2.33. The first kappa shape index (κ1) is 23.0. The molecule has 0 bridgehead atoms. The predicted molar refractivity (Wildman–Crippen MR) is 102 cm³/mol. The smallest absolute Gasteiger partial charge is 0.422 e. The summed E-state index contributed by atoms with van der Waals surface area (Å²) in [6, 6.07) is 6.48. The molecule has 1 saturated heterocycles. The number of nitrogens with zero attached hydrogens (tertiary/aromatic N) is 3. The van der Waals surface area contributed by atoms with E-state index in [1.165, 1.54) is 6.07 Å². The van der Waals surface area contributed by atoms with Gasteiger partial charge in [0, 0.05) is 12.1 Å². The van der Waals surface area contributed by atoms with Gasteiger partial charge >= 0.3 is 6.18 Å². The van der Waals surface area contributed by atoms with Gasteiger partial charge in [0.15, 0.2) is 12.3 Å². The third kappa shape index (κ3) is 6.07. The van der Waals surface area contributed by atoms with Crippen molar-refractivity contribution in [1.29, 1.82) is 0 Å². The van der Waals surface area contributed by atoms with Crippen LogP contribution in [0.5, 0.6) is 5.75 Å². The zero-order valence-electron chi connectivity index (χ0n) is 15.8. The molecule has 2 N–H and O–H groups in total. The van der Waals surface area contributed by atoms with Gasteiger partial charge in [-0.3, -0.25) is 4.79 Å². The lowest BCUT2D eigenvalue weighted by atomic mass is 10.1. The average Bonchev–Trinajstić information content (AvgIpc) is 3.06. The Kier molecular flexibility index (Phi) is 7.86. The summed E-state index contributed by atoms with van der Waals surface area (Å²) in [4.78, 5) is 12.5. The van der Waals surface area contributed by atoms with Crippen molar-refractivity contribution in [3.05, 3.63) is 41.2 Å². The van der Waals surface area contributed by atoms with Crippen molar-refractivity contribution in [3.8, 4) is 5.75 Å². The van der Waals surface area contributed by atoms with Crippen LogP contribution in [0.15, 0.2) is 24.3 Å². The molecule has 1 aliphatic rings. The van der Waals surface area contributed by atoms with Gasteiger partial charge < -0.3 is 15.4 Å². The molecule has 1 aliphatic heterocycles. The van der Waals surface area contributed by atoms with E-state index < -0.39 is 18.7 Å². The zero-order valence-corrected chi connectivity index (χ0v) is 16.6. The van der Waals surface area contributed by atoms with Gasteiger partial charge in [-0.2, -0.15) is 13.2 Å². The first-order chi connectivity index (χ1) is 13.3. The number of carbonyl (C=O) groups excluding carboxylic acids is 1. The molecule has 0 aliphatic carbocycles. The van der Waals surface area contributed by atoms with E-state index in [-0.39, 0.29) is 36.4 Å². The lowest BCUT2D eigenvalue weighted by Gasteiger charge is -2.23. The standard InChI is InChI=1S/C18H22F3N5O2.ClH/c1-12-16(24-25-26(12)14-6-8-22-9-7-14)17(27)23-10-13-4-2-3-5-15(13)28-11-18(19,20)21;/h2-5,14,22H,6-11H2,1H3,(H,23,27);1H. The van der Waals surface area contributed by atoms with Crippen molar-refractivity contribution in [1.82, 2.24) is 25.6 Å². The molecule has 1 aromatic heterocycles. The predicted octanol–water partition coefficient (Wildman–Crippen LogP) is 2.80. The molecule has 0 unspecified atom stereocenters. The lowest BCUT2D eigenvalue weighted by Crippen LogP contribution is -2.30. The monoisotopic (exact) mass is 433 g/mol. The second-order valence-corrected chi connectivity index (χ2v) is 6.64. The van der Waals surface area contributed by atoms with Crippen molar-refractivity contribution in [2.75, 3.05) is 19.7 Å². The summed E-state index contributed by atoms with van der Waals surface area (Å²) in [6.45, 7) is 2.20. The molecule has 7 nitrogen and oxygen atoms in total. The van der Waals surface area contributed by atoms with E-state index in [2.05, 4.69) is 20.9 Å². The molecule has 29 heavy (non-hydrogen) atoms. The highest BCUT2D eigenvalue weighted by Gasteiger charge is 2.29. The second kappa shape index (κ2) is 9.93. The van der Waals surface area contributed by atoms with Crippen molar-refractivity contribution >= 4 is 18.3 Å². The maximum atomic E-state index is 12.5. The molecule has 11 heteroatoms. The molecule has 2 aromatic rings. The van der Waals surface area contributed by atoms with Crippen LogP contribution in [0, 0.1) is 6.92 Å². The molecule has 3 rings (SSSR count). The number of piperidine rings is 1. The molecule has 2 heterocycles. The summed E-state index contributed by atoms with van der Waals surface area (Å²) in [5, 5.41) is 14.1. The molecule has 160 valence electrons. The molecular formula is C18H23ClF3N5O2. The van der Waals surface area contributed by atoms with E-state index in [0.717, 1.165) is 25.9 Å². The highest BCUT2D eigenvalue weighted by molar-refractivity contribution is 5.93. The minimum atomic E-state index is -4.43. The van der Waals surface area contributed by atoms with Crippen molar-refractivity contribution in [3.63, 3.8) is 0 Å². The first-order valence-electron chi connectivity index (χ1n) is 9.03. The van der Waals surface area contributed by atoms with Crippen molar-refractivity contribution in [2.24, 2.45) is 0 Å². The highest BCUT2D eigenvalue weighted by Crippen LogP contribution is 2.23. The zero-order chi connectivity index (χ0) is 20.1. The fourth-order valence-corrected chi connectivity index (χ4v) is 3.16. The number of benzene rings is 1. The molecule has 0 spiro atoms. The minimum Gasteiger partial charge on any atom is -0.484 e. The fourth-order valence-electron chi connectivity index (χ4n) is 3.16. The van der Waals surface area contributed by atoms with Gasteiger partial charge in [0.05, 0.1) is 11.7 Å². The normalized spacial score (nSPS) is 14.9. The van der Waals surface area contributed by atoms with Crippen LogP contribution >= 0.6 is 12.4 Å². The van der Waals surface area contributed by atoms with Gasteiger partial charge in [0.1, 0.15) is 5.75 Å². The summed E-state index contributed by atoms with van der Waals surface area (Å²) >= 11 is 0. The molecule has 1 aromatic carbocycles. The Morgan fingerprint density at radius 1 is 1.31 bits per heavy atom. The Morgan fingerprint density at radius 3 is 2.69 bits per heavy atom. The van der Waals surface area contributed by atoms with Crippen LogP contribution < -0.4 is 15.4 Å². The van der Waals surface area contributed by atoms with Crippen LogP contribution in [0.25, 0.3) is 0 Å². The number of amides is 1. The largest absolute Gasteiger partial charge is 0.484 e. The number of alkyl halides is 3. The molecule has 0 radical (unpaired) electrons. The van der Waals surface area contributed by atoms with Gasteiger partial charge in [-0.15, -0.1) is 17.5 Å². The minimum absolute atomic E-state index is 0. The number of hydrogen-bond acceptors (Lipinski definition) is 5. The van der Waals surface area contributed by atoms with Crippen LogP contribution in [0.2, 0.25) is 0 Å². The first-order valence-corrected chi connectivity index (χ1v) is 9.03. The molecular weight excluding hydrogens is 411 g/mol. The summed E-state index contributed by atoms with van der Waals surface area (Å²) in [7, 11) is 0. The van der Waals surface area contributed by atoms with Crippen LogP contribution in [0.4, 0.5) is 13.2 Å². The molecule has 0 atom stereocenters. The van der Waals surface area contributed by atoms with Gasteiger partial charge in [-0.25, -0.2) is 4.68 Å². The summed E-state index contributed by atoms with van der Waals surface area (Å²) in [5.74, 6) is -0.349. The van der Waals surface area contributed by atoms with E-state index >= 15 is 0 Å². The van der Waals surface area contributed by atoms with E-state index in [1.54, 1.807) is 29.8 Å². The van der Waals surface area contributed by atoms with Gasteiger partial charge in [0.2, 0.25) is 0 Å². The number of nitrogens with one attached hydrogen (secondary N) is 2. The summed E-state index contributed by atoms with van der Waals surface area (Å²) in [5.41, 5.74) is 1.33. The SMILES string of the molecule is Cc1c(C(=O)NCc2ccccc2OCC(F)(F)F)nnn1C1CCNCC1.Cl. The Labute approximate surface area is 172 Å². The number of hydrogen-bond donors (Lipinski definition) is 2. The Bertz CT molecular complexity index is 822. The number of halogens is 4. The van der Waals surface area contributed by atoms with Crippen LogP contribution in [0.3, 0.4) is 0 Å². The van der Waals surface area contributed by atoms with Crippen LogP contribution in [-0.2, 0) is 6.54 Å². The van der Waals surface area contributed by atoms with Gasteiger partial charge in [-0.1, -0.05) is 23.4 Å². The number of carbonyl (C=O) groups is 1. The lowest BCUT2D eigenvalue weighted by molar-refractivity contribution is -0.153. The average molecular weight is 434 g/mol. The molecule has 1 amide bonds. The molecule has 1 fully saturated rings. The van der Waals surface area contributed by atoms with E-state index in [9.17, 15) is 18.0 Å². The third-order valence-corrected chi connectivity index (χ3v) is 4.60. The highest BCUT2D eigenvalue weighted by atomic mass is 35.5. The van der Waals surface area contributed by atoms with Gasteiger partial charge in [0.25, 0.3) is 5.91 Å². The number of para-hydroxylation sites is 1. The number of aromatic nitrogens is 3. The Balaban J connectivity index is 0.00000300. The van der Waals surface area contributed by atoms with Crippen molar-refractivity contribution in [2.45, 2.75) is 38.5 Å². The fraction of sp³-hybridized carbons (Fsp3) is 0.500. The van der Waals surface area contributed by atoms with Crippen molar-refractivity contribution < 1.29 is 22.7 Å². The van der Waals surface area contributed by atoms with Crippen LogP contribution in [0.1, 0.15) is 40.6 Å². The van der Waals surface area contributed by atoms with E-state index in [1.807, 2.05) is 0 Å². The summed E-state index contributed by atoms with van der Waals surface area (Å²) in [6.07, 6.45) is -2.61. The van der Waals surface area contributed by atoms with Gasteiger partial charge in [-0.05, 0) is 38.9 Å². The third-order valence-electron chi connectivity index (χ3n) is 4.60. The van der Waals surface area contributed by atoms with E-state index in [4.69, 9.17) is 4.74 Å². The van der Waals surface area contributed by atoms with E-state index in [0.29, 0.717) is 11.3 Å². The maximum Gasteiger partial charge on any atom is 0.422 e. The number of rotatable bonds is 6. The Morgan fingerprint density at radius 2 is 2.00 bits per heavy atom. The maximum absolute atomic E-state index is 12.5. The topological polar surface area (TPSA) is 81.1 Å². The second-order valence-electron chi connectivity index (χ2n) is 6.64. The molecule has 0 saturated carbocycles. The number of ether oxygens (including phenoxy) is 1.